The van der Waals surface area contributed by atoms with Crippen molar-refractivity contribution in [2.24, 2.45) is 5.10 Å². The Labute approximate surface area is 126 Å². The molecular formula is C13H16BrN3OS. The molecule has 0 aromatic heterocycles. The highest BCUT2D eigenvalue weighted by Gasteiger charge is 2.14. The maximum absolute atomic E-state index is 5.50. The molecule has 0 bridgehead atoms. The van der Waals surface area contributed by atoms with Crippen LogP contribution in [0.3, 0.4) is 0 Å². The Morgan fingerprint density at radius 3 is 3.21 bits per heavy atom. The maximum Gasteiger partial charge on any atom is 0.187 e. The number of nitrogens with one attached hydrogen (secondary N) is 2. The summed E-state index contributed by atoms with van der Waals surface area (Å²) in [7, 11) is 0. The highest BCUT2D eigenvalue weighted by Crippen LogP contribution is 2.10. The predicted octanol–water partition coefficient (Wildman–Crippen LogP) is 2.43. The summed E-state index contributed by atoms with van der Waals surface area (Å²) in [6, 6.07) is 7.88. The van der Waals surface area contributed by atoms with Gasteiger partial charge in [-0.15, -0.1) is 0 Å². The van der Waals surface area contributed by atoms with Gasteiger partial charge in [-0.25, -0.2) is 0 Å². The summed E-state index contributed by atoms with van der Waals surface area (Å²) >= 11 is 8.54. The molecule has 1 aliphatic heterocycles. The predicted molar refractivity (Wildman–Crippen MR) is 84.4 cm³/mol. The third-order valence-electron chi connectivity index (χ3n) is 2.74. The summed E-state index contributed by atoms with van der Waals surface area (Å²) in [5.41, 5.74) is 3.80. The van der Waals surface area contributed by atoms with Gasteiger partial charge < -0.3 is 10.1 Å². The molecule has 1 atom stereocenters. The van der Waals surface area contributed by atoms with E-state index >= 15 is 0 Å². The van der Waals surface area contributed by atoms with E-state index in [1.165, 1.54) is 0 Å². The lowest BCUT2D eigenvalue weighted by molar-refractivity contribution is 0.114. The van der Waals surface area contributed by atoms with Crippen molar-refractivity contribution < 1.29 is 4.74 Å². The molecule has 1 fully saturated rings. The molecule has 1 aromatic rings. The Morgan fingerprint density at radius 2 is 2.47 bits per heavy atom. The van der Waals surface area contributed by atoms with Gasteiger partial charge in [0.05, 0.1) is 12.3 Å². The van der Waals surface area contributed by atoms with Crippen LogP contribution in [0.15, 0.2) is 33.8 Å². The van der Waals surface area contributed by atoms with E-state index in [1.54, 1.807) is 6.21 Å². The summed E-state index contributed by atoms with van der Waals surface area (Å²) in [5, 5.41) is 7.70. The summed E-state index contributed by atoms with van der Waals surface area (Å²) in [6.07, 6.45) is 4.23. The van der Waals surface area contributed by atoms with Crippen molar-refractivity contribution in [2.75, 3.05) is 13.2 Å². The summed E-state index contributed by atoms with van der Waals surface area (Å²) in [5.74, 6) is 0. The van der Waals surface area contributed by atoms with E-state index in [9.17, 15) is 0 Å². The maximum atomic E-state index is 5.50. The summed E-state index contributed by atoms with van der Waals surface area (Å²) < 4.78 is 6.52. The minimum absolute atomic E-state index is 0.272. The SMILES string of the molecule is S=C(NC[C@H]1CCCO1)N/N=C\c1cccc(Br)c1. The normalized spacial score (nSPS) is 18.7. The van der Waals surface area contributed by atoms with E-state index in [0.29, 0.717) is 5.11 Å². The highest BCUT2D eigenvalue weighted by molar-refractivity contribution is 9.10. The smallest absolute Gasteiger partial charge is 0.187 e. The van der Waals surface area contributed by atoms with Crippen molar-refractivity contribution in [1.82, 2.24) is 10.7 Å². The van der Waals surface area contributed by atoms with Crippen molar-refractivity contribution >= 4 is 39.5 Å². The number of halogens is 1. The number of hydrazone groups is 1. The Bertz CT molecular complexity index is 461. The lowest BCUT2D eigenvalue weighted by atomic mass is 10.2. The van der Waals surface area contributed by atoms with Crippen LogP contribution in [-0.4, -0.2) is 30.6 Å². The first-order chi connectivity index (χ1) is 9.24. The second-order valence-corrected chi connectivity index (χ2v) is 5.59. The van der Waals surface area contributed by atoms with E-state index in [2.05, 4.69) is 31.8 Å². The monoisotopic (exact) mass is 341 g/mol. The lowest BCUT2D eigenvalue weighted by Crippen LogP contribution is -2.37. The number of hydrogen-bond acceptors (Lipinski definition) is 3. The minimum Gasteiger partial charge on any atom is -0.376 e. The molecule has 0 saturated carbocycles. The third kappa shape index (κ3) is 5.26. The zero-order chi connectivity index (χ0) is 13.5. The Balaban J connectivity index is 1.70. The van der Waals surface area contributed by atoms with E-state index in [1.807, 2.05) is 24.3 Å². The molecule has 1 aliphatic rings. The van der Waals surface area contributed by atoms with Gasteiger partial charge in [-0.05, 0) is 42.8 Å². The third-order valence-corrected chi connectivity index (χ3v) is 3.47. The number of thiocarbonyl (C=S) groups is 1. The van der Waals surface area contributed by atoms with Crippen LogP contribution in [0.5, 0.6) is 0 Å². The van der Waals surface area contributed by atoms with Crippen molar-refractivity contribution in [3.63, 3.8) is 0 Å². The molecule has 0 radical (unpaired) electrons. The molecule has 2 N–H and O–H groups in total. The van der Waals surface area contributed by atoms with Crippen molar-refractivity contribution in [3.8, 4) is 0 Å². The molecule has 19 heavy (non-hydrogen) atoms. The topological polar surface area (TPSA) is 45.6 Å². The van der Waals surface area contributed by atoms with Crippen LogP contribution >= 0.6 is 28.1 Å². The molecule has 0 amide bonds. The number of rotatable bonds is 4. The zero-order valence-electron chi connectivity index (χ0n) is 10.4. The largest absolute Gasteiger partial charge is 0.376 e. The van der Waals surface area contributed by atoms with Crippen molar-refractivity contribution in [3.05, 3.63) is 34.3 Å². The molecule has 4 nitrogen and oxygen atoms in total. The molecule has 1 saturated heterocycles. The highest BCUT2D eigenvalue weighted by atomic mass is 79.9. The van der Waals surface area contributed by atoms with Crippen LogP contribution < -0.4 is 10.7 Å². The van der Waals surface area contributed by atoms with E-state index in [4.69, 9.17) is 17.0 Å². The zero-order valence-corrected chi connectivity index (χ0v) is 12.8. The Hall–Kier alpha value is -0.980. The quantitative estimate of drug-likeness (QED) is 0.501. The van der Waals surface area contributed by atoms with Crippen LogP contribution in [0.1, 0.15) is 18.4 Å². The van der Waals surface area contributed by atoms with Crippen LogP contribution in [0.25, 0.3) is 0 Å². The van der Waals surface area contributed by atoms with Crippen molar-refractivity contribution in [2.45, 2.75) is 18.9 Å². The second-order valence-electron chi connectivity index (χ2n) is 4.27. The molecule has 102 valence electrons. The van der Waals surface area contributed by atoms with Gasteiger partial charge in [0.1, 0.15) is 0 Å². The van der Waals surface area contributed by atoms with Gasteiger partial charge in [-0.3, -0.25) is 5.43 Å². The molecule has 2 rings (SSSR count). The van der Waals surface area contributed by atoms with Gasteiger partial charge in [-0.1, -0.05) is 28.1 Å². The standard InChI is InChI=1S/C13H16BrN3OS/c14-11-4-1-3-10(7-11)8-16-17-13(19)15-9-12-5-2-6-18-12/h1,3-4,7-8,12H,2,5-6,9H2,(H2,15,17,19)/b16-8-/t12-/m1/s1. The van der Waals surface area contributed by atoms with Crippen LogP contribution in [-0.2, 0) is 4.74 Å². The molecule has 0 spiro atoms. The molecule has 0 unspecified atom stereocenters. The average molecular weight is 342 g/mol. The molecular weight excluding hydrogens is 326 g/mol. The fourth-order valence-electron chi connectivity index (χ4n) is 1.80. The molecule has 1 heterocycles. The van der Waals surface area contributed by atoms with Gasteiger partial charge in [0.2, 0.25) is 0 Å². The van der Waals surface area contributed by atoms with Crippen LogP contribution in [0.4, 0.5) is 0 Å². The van der Waals surface area contributed by atoms with E-state index in [0.717, 1.165) is 36.0 Å². The van der Waals surface area contributed by atoms with Crippen molar-refractivity contribution in [1.29, 1.82) is 0 Å². The lowest BCUT2D eigenvalue weighted by Gasteiger charge is -2.11. The van der Waals surface area contributed by atoms with Gasteiger partial charge in [-0.2, -0.15) is 5.10 Å². The fraction of sp³-hybridized carbons (Fsp3) is 0.385. The van der Waals surface area contributed by atoms with Gasteiger partial charge in [0.25, 0.3) is 0 Å². The molecule has 1 aromatic carbocycles. The minimum atomic E-state index is 0.272. The van der Waals surface area contributed by atoms with Crippen LogP contribution in [0, 0.1) is 0 Å². The first-order valence-electron chi connectivity index (χ1n) is 6.18. The number of benzene rings is 1. The number of ether oxygens (including phenoxy) is 1. The Morgan fingerprint density at radius 1 is 1.58 bits per heavy atom. The van der Waals surface area contributed by atoms with E-state index in [-0.39, 0.29) is 6.10 Å². The molecule has 6 heteroatoms. The van der Waals surface area contributed by atoms with Gasteiger partial charge >= 0.3 is 0 Å². The first-order valence-corrected chi connectivity index (χ1v) is 7.38. The number of hydrogen-bond donors (Lipinski definition) is 2. The Kier molecular flexibility index (Phi) is 5.75. The fourth-order valence-corrected chi connectivity index (χ4v) is 2.36. The summed E-state index contributed by atoms with van der Waals surface area (Å²) in [4.78, 5) is 0. The summed E-state index contributed by atoms with van der Waals surface area (Å²) in [6.45, 7) is 1.59. The van der Waals surface area contributed by atoms with Gasteiger partial charge in [0.15, 0.2) is 5.11 Å². The first kappa shape index (κ1) is 14.4. The second kappa shape index (κ2) is 7.57. The van der Waals surface area contributed by atoms with Crippen LogP contribution in [0.2, 0.25) is 0 Å². The van der Waals surface area contributed by atoms with E-state index < -0.39 is 0 Å². The average Bonchev–Trinajstić information content (AvgIpc) is 2.89. The van der Waals surface area contributed by atoms with Gasteiger partial charge in [0, 0.05) is 17.6 Å². The number of nitrogens with zero attached hydrogens (tertiary/aromatic N) is 1. The molecule has 0 aliphatic carbocycles.